The first-order valence-electron chi connectivity index (χ1n) is 7.58. The Morgan fingerprint density at radius 3 is 2.17 bits per heavy atom. The van der Waals surface area contributed by atoms with Gasteiger partial charge in [0.2, 0.25) is 10.0 Å². The van der Waals surface area contributed by atoms with Gasteiger partial charge < -0.3 is 10.5 Å². The van der Waals surface area contributed by atoms with E-state index in [9.17, 15) is 8.42 Å². The molecule has 2 N–H and O–H groups in total. The zero-order valence-electron chi connectivity index (χ0n) is 14.4. The van der Waals surface area contributed by atoms with E-state index < -0.39 is 10.0 Å². The van der Waals surface area contributed by atoms with Crippen LogP contribution in [-0.4, -0.2) is 43.9 Å². The van der Waals surface area contributed by atoms with E-state index in [0.717, 1.165) is 0 Å². The number of hydrogen-bond acceptors (Lipinski definition) is 5. The van der Waals surface area contributed by atoms with Crippen LogP contribution >= 0.6 is 0 Å². The van der Waals surface area contributed by atoms with Crippen LogP contribution in [0.3, 0.4) is 0 Å². The van der Waals surface area contributed by atoms with Crippen molar-refractivity contribution in [1.29, 1.82) is 5.26 Å². The number of ether oxygens (including phenoxy) is 1. The first-order chi connectivity index (χ1) is 11.2. The van der Waals surface area contributed by atoms with E-state index in [4.69, 9.17) is 15.7 Å². The summed E-state index contributed by atoms with van der Waals surface area (Å²) in [6.45, 7) is 7.60. The van der Waals surface area contributed by atoms with E-state index in [2.05, 4.69) is 4.99 Å². The van der Waals surface area contributed by atoms with Crippen LogP contribution in [0.2, 0.25) is 0 Å². The smallest absolute Gasteiger partial charge is 0.243 e. The molecule has 0 bridgehead atoms. The van der Waals surface area contributed by atoms with Gasteiger partial charge in [0.25, 0.3) is 0 Å². The fourth-order valence-corrected chi connectivity index (χ4v) is 3.96. The molecule has 0 aliphatic carbocycles. The lowest BCUT2D eigenvalue weighted by atomic mass is 10.3. The third-order valence-corrected chi connectivity index (χ3v) is 5.01. The van der Waals surface area contributed by atoms with Gasteiger partial charge in [0.1, 0.15) is 0 Å². The van der Waals surface area contributed by atoms with E-state index in [1.165, 1.54) is 11.2 Å². The molecular weight excluding hydrogens is 328 g/mol. The van der Waals surface area contributed by atoms with Crippen molar-refractivity contribution in [2.75, 3.05) is 13.1 Å². The highest BCUT2D eigenvalue weighted by Gasteiger charge is 2.32. The summed E-state index contributed by atoms with van der Waals surface area (Å²) in [5.74, 6) is 0.432. The normalized spacial score (nSPS) is 22.2. The molecule has 2 atom stereocenters. The molecule has 1 fully saturated rings. The molecule has 1 aromatic rings. The molecule has 2 rings (SSSR count). The number of amidine groups is 1. The summed E-state index contributed by atoms with van der Waals surface area (Å²) in [5.41, 5.74) is 6.14. The van der Waals surface area contributed by atoms with Crippen molar-refractivity contribution in [1.82, 2.24) is 4.31 Å². The maximum Gasteiger partial charge on any atom is 0.243 e. The van der Waals surface area contributed by atoms with E-state index in [1.807, 2.05) is 13.8 Å². The zero-order chi connectivity index (χ0) is 18.3. The van der Waals surface area contributed by atoms with Crippen molar-refractivity contribution in [3.05, 3.63) is 24.3 Å². The largest absolute Gasteiger partial charge is 0.387 e. The van der Waals surface area contributed by atoms with Gasteiger partial charge in [0, 0.05) is 20.0 Å². The summed E-state index contributed by atoms with van der Waals surface area (Å²) < 4.78 is 32.3. The molecular formula is C16H24N4O3S. The number of benzene rings is 1. The van der Waals surface area contributed by atoms with Crippen molar-refractivity contribution in [2.24, 2.45) is 10.7 Å². The molecule has 7 nitrogen and oxygen atoms in total. The molecule has 0 saturated carbocycles. The highest BCUT2D eigenvalue weighted by Crippen LogP contribution is 2.23. The van der Waals surface area contributed by atoms with Crippen LogP contribution in [0.1, 0.15) is 27.7 Å². The van der Waals surface area contributed by atoms with Crippen molar-refractivity contribution in [3.8, 4) is 6.07 Å². The standard InChI is InChI=1S/C14H21N3O3S.C2H3N/c1-10-8-17(9-11(2)20-10)21(18,19)14-6-4-13(5-7-14)16-12(3)15;1-2-3/h4-7,10-11H,8-9H2,1-3H3,(H2,15,16);1H3/t10-,11+;. The summed E-state index contributed by atoms with van der Waals surface area (Å²) >= 11 is 0. The van der Waals surface area contributed by atoms with Gasteiger partial charge in [0.15, 0.2) is 0 Å². The van der Waals surface area contributed by atoms with Crippen LogP contribution in [0.4, 0.5) is 5.69 Å². The third-order valence-electron chi connectivity index (χ3n) is 3.17. The summed E-state index contributed by atoms with van der Waals surface area (Å²) in [6.07, 6.45) is -0.209. The molecule has 0 unspecified atom stereocenters. The number of rotatable bonds is 3. The third kappa shape index (κ3) is 5.60. The van der Waals surface area contributed by atoms with E-state index in [-0.39, 0.29) is 17.1 Å². The van der Waals surface area contributed by atoms with E-state index >= 15 is 0 Å². The van der Waals surface area contributed by atoms with Gasteiger partial charge in [-0.1, -0.05) is 0 Å². The first kappa shape index (κ1) is 20.1. The van der Waals surface area contributed by atoms with Crippen LogP contribution in [-0.2, 0) is 14.8 Å². The van der Waals surface area contributed by atoms with Gasteiger partial charge in [-0.3, -0.25) is 0 Å². The van der Waals surface area contributed by atoms with Gasteiger partial charge >= 0.3 is 0 Å². The average molecular weight is 352 g/mol. The topological polar surface area (TPSA) is 109 Å². The number of nitrogens with two attached hydrogens (primary N) is 1. The van der Waals surface area contributed by atoms with Crippen molar-refractivity contribution in [2.45, 2.75) is 44.8 Å². The van der Waals surface area contributed by atoms with E-state index in [1.54, 1.807) is 37.3 Å². The summed E-state index contributed by atoms with van der Waals surface area (Å²) in [5, 5.41) is 7.32. The number of nitrogens with zero attached hydrogens (tertiary/aromatic N) is 3. The summed E-state index contributed by atoms with van der Waals surface area (Å²) in [6, 6.07) is 8.16. The Bertz CT molecular complexity index is 694. The van der Waals surface area contributed by atoms with Gasteiger partial charge in [-0.2, -0.15) is 9.57 Å². The highest BCUT2D eigenvalue weighted by molar-refractivity contribution is 7.89. The molecule has 1 aromatic carbocycles. The molecule has 1 aliphatic rings. The Hall–Kier alpha value is -1.95. The molecule has 0 spiro atoms. The quantitative estimate of drug-likeness (QED) is 0.661. The molecule has 8 heteroatoms. The van der Waals surface area contributed by atoms with Gasteiger partial charge in [0.05, 0.1) is 34.7 Å². The number of morpholine rings is 1. The molecule has 1 saturated heterocycles. The van der Waals surface area contributed by atoms with Crippen LogP contribution in [0.15, 0.2) is 34.2 Å². The molecule has 0 amide bonds. The summed E-state index contributed by atoms with van der Waals surface area (Å²) in [7, 11) is -3.50. The maximum atomic E-state index is 12.6. The molecule has 132 valence electrons. The van der Waals surface area contributed by atoms with Crippen LogP contribution < -0.4 is 5.73 Å². The monoisotopic (exact) mass is 352 g/mol. The highest BCUT2D eigenvalue weighted by atomic mass is 32.2. The van der Waals surface area contributed by atoms with Crippen LogP contribution in [0, 0.1) is 11.3 Å². The minimum atomic E-state index is -3.50. The number of hydrogen-bond donors (Lipinski definition) is 1. The van der Waals surface area contributed by atoms with Crippen molar-refractivity contribution < 1.29 is 13.2 Å². The SMILES string of the molecule is CC#N.CC(N)=Nc1ccc(S(=O)(=O)N2C[C@@H](C)O[C@@H](C)C2)cc1. The molecule has 1 aliphatic heterocycles. The molecule has 1 heterocycles. The maximum absolute atomic E-state index is 12.6. The second-order valence-electron chi connectivity index (χ2n) is 5.55. The Morgan fingerprint density at radius 2 is 1.75 bits per heavy atom. The predicted molar refractivity (Wildman–Crippen MR) is 93.5 cm³/mol. The fraction of sp³-hybridized carbons (Fsp3) is 0.500. The number of nitriles is 1. The van der Waals surface area contributed by atoms with Gasteiger partial charge in [-0.15, -0.1) is 0 Å². The van der Waals surface area contributed by atoms with Gasteiger partial charge in [-0.05, 0) is 45.0 Å². The van der Waals surface area contributed by atoms with Crippen molar-refractivity contribution in [3.63, 3.8) is 0 Å². The second-order valence-corrected chi connectivity index (χ2v) is 7.49. The lowest BCUT2D eigenvalue weighted by Gasteiger charge is -2.34. The average Bonchev–Trinajstić information content (AvgIpc) is 2.47. The molecule has 24 heavy (non-hydrogen) atoms. The minimum absolute atomic E-state index is 0.104. The number of aliphatic imine (C=N–C) groups is 1. The van der Waals surface area contributed by atoms with E-state index in [0.29, 0.717) is 24.6 Å². The Morgan fingerprint density at radius 1 is 1.29 bits per heavy atom. The minimum Gasteiger partial charge on any atom is -0.387 e. The predicted octanol–water partition coefficient (Wildman–Crippen LogP) is 2.02. The Labute approximate surface area is 143 Å². The number of sulfonamides is 1. The lowest BCUT2D eigenvalue weighted by molar-refractivity contribution is -0.0440. The van der Waals surface area contributed by atoms with Crippen LogP contribution in [0.5, 0.6) is 0 Å². The Kier molecular flexibility index (Phi) is 7.35. The fourth-order valence-electron chi connectivity index (χ4n) is 2.37. The first-order valence-corrected chi connectivity index (χ1v) is 9.02. The molecule has 0 radical (unpaired) electrons. The molecule has 0 aromatic heterocycles. The zero-order valence-corrected chi connectivity index (χ0v) is 15.2. The lowest BCUT2D eigenvalue weighted by Crippen LogP contribution is -2.48. The van der Waals surface area contributed by atoms with Crippen LogP contribution in [0.25, 0.3) is 0 Å². The van der Waals surface area contributed by atoms with Gasteiger partial charge in [-0.25, -0.2) is 13.4 Å². The van der Waals surface area contributed by atoms with Crippen molar-refractivity contribution >= 4 is 21.5 Å². The second kappa shape index (κ2) is 8.78. The Balaban J connectivity index is 0.000000891. The summed E-state index contributed by atoms with van der Waals surface area (Å²) in [4.78, 5) is 4.35.